The van der Waals surface area contributed by atoms with Crippen molar-refractivity contribution in [1.82, 2.24) is 9.55 Å². The first-order valence-electron chi connectivity index (χ1n) is 10.5. The third kappa shape index (κ3) is 5.09. The number of anilines is 1. The maximum Gasteiger partial charge on any atom is 0.340 e. The van der Waals surface area contributed by atoms with Gasteiger partial charge in [-0.25, -0.2) is 17.8 Å². The second-order valence-corrected chi connectivity index (χ2v) is 13.1. The zero-order valence-corrected chi connectivity index (χ0v) is 20.2. The molecule has 0 spiro atoms. The van der Waals surface area contributed by atoms with Gasteiger partial charge >= 0.3 is 7.60 Å². The van der Waals surface area contributed by atoms with Crippen molar-refractivity contribution in [3.8, 4) is 6.07 Å². The molecular formula is C19H23ClFN4O7PS. The van der Waals surface area contributed by atoms with Crippen molar-refractivity contribution in [3.63, 3.8) is 0 Å². The summed E-state index contributed by atoms with van der Waals surface area (Å²) in [5.74, 6) is -0.976. The molecule has 0 aromatic carbocycles. The van der Waals surface area contributed by atoms with Gasteiger partial charge in [-0.05, 0) is 18.9 Å². The lowest BCUT2D eigenvalue weighted by molar-refractivity contribution is -0.0119. The minimum absolute atomic E-state index is 0.106. The molecule has 4 rings (SSSR count). The lowest BCUT2D eigenvalue weighted by Crippen LogP contribution is -2.34. The number of aromatic nitrogens is 2. The van der Waals surface area contributed by atoms with E-state index in [1.807, 2.05) is 6.07 Å². The number of fused-ring (bicyclic) bond motifs is 1. The minimum atomic E-state index is -4.89. The average Bonchev–Trinajstić information content (AvgIpc) is 3.43. The zero-order chi connectivity index (χ0) is 24.8. The number of nitriles is 1. The summed E-state index contributed by atoms with van der Waals surface area (Å²) in [6.07, 6.45) is -1.58. The van der Waals surface area contributed by atoms with Gasteiger partial charge in [-0.2, -0.15) is 5.26 Å². The largest absolute Gasteiger partial charge is 0.387 e. The van der Waals surface area contributed by atoms with E-state index >= 15 is 4.39 Å². The van der Waals surface area contributed by atoms with E-state index in [1.54, 1.807) is 6.07 Å². The highest BCUT2D eigenvalue weighted by Crippen LogP contribution is 2.40. The van der Waals surface area contributed by atoms with E-state index in [9.17, 15) is 23.4 Å². The van der Waals surface area contributed by atoms with Crippen LogP contribution in [0.1, 0.15) is 37.5 Å². The third-order valence-corrected chi connectivity index (χ3v) is 10.0. The number of aliphatic hydroxyl groups is 1. The van der Waals surface area contributed by atoms with Gasteiger partial charge in [0.1, 0.15) is 29.5 Å². The molecule has 0 amide bonds. The van der Waals surface area contributed by atoms with E-state index in [2.05, 4.69) is 10.3 Å². The van der Waals surface area contributed by atoms with Gasteiger partial charge in [0.25, 0.3) is 0 Å². The predicted molar refractivity (Wildman–Crippen MR) is 121 cm³/mol. The summed E-state index contributed by atoms with van der Waals surface area (Å²) >= 11 is 6.25. The predicted octanol–water partition coefficient (Wildman–Crippen LogP) is 2.06. The van der Waals surface area contributed by atoms with Gasteiger partial charge in [-0.15, -0.1) is 0 Å². The van der Waals surface area contributed by atoms with Crippen LogP contribution in [-0.2, 0) is 19.1 Å². The molecule has 186 valence electrons. The number of halogens is 2. The second kappa shape index (κ2) is 9.35. The van der Waals surface area contributed by atoms with Crippen LogP contribution >= 0.6 is 19.2 Å². The van der Waals surface area contributed by atoms with Gasteiger partial charge in [0.15, 0.2) is 32.9 Å². The van der Waals surface area contributed by atoms with Crippen LogP contribution in [0.5, 0.6) is 0 Å². The molecule has 3 heterocycles. The van der Waals surface area contributed by atoms with Crippen molar-refractivity contribution >= 4 is 45.8 Å². The summed E-state index contributed by atoms with van der Waals surface area (Å²) < 4.78 is 57.1. The summed E-state index contributed by atoms with van der Waals surface area (Å²) in [7, 11) is -9.25. The van der Waals surface area contributed by atoms with Crippen LogP contribution < -0.4 is 5.32 Å². The standard InChI is InChI=1S/C19H23ClFN4O7PS/c20-17-12(7-22)15(23-10-3-1-2-4-10)11-5-6-25(18(11)24-17)19-14(21)16(26)13(32-19)8-34(30,31)9-33(27,28)29/h5-6,10,13-14,16,19,26H,1-4,8-9H2,(H,23,24)(H2,27,28,29)/t13-,14+,16-,19-/m1/s1. The molecule has 1 aliphatic heterocycles. The van der Waals surface area contributed by atoms with E-state index in [-0.39, 0.29) is 22.4 Å². The smallest absolute Gasteiger partial charge is 0.340 e. The quantitative estimate of drug-likeness (QED) is 0.303. The Balaban J connectivity index is 1.67. The normalized spacial score (nSPS) is 26.2. The van der Waals surface area contributed by atoms with Crippen molar-refractivity contribution in [3.05, 3.63) is 23.0 Å². The van der Waals surface area contributed by atoms with Gasteiger partial charge in [0.2, 0.25) is 0 Å². The van der Waals surface area contributed by atoms with Crippen LogP contribution in [0.15, 0.2) is 12.3 Å². The van der Waals surface area contributed by atoms with Crippen LogP contribution in [0.3, 0.4) is 0 Å². The Bertz CT molecular complexity index is 1290. The molecule has 1 saturated carbocycles. The van der Waals surface area contributed by atoms with Crippen molar-refractivity contribution in [2.45, 2.75) is 56.3 Å². The Labute approximate surface area is 199 Å². The minimum Gasteiger partial charge on any atom is -0.387 e. The number of pyridine rings is 1. The molecule has 15 heteroatoms. The number of alkyl halides is 1. The number of hydrogen-bond donors (Lipinski definition) is 4. The summed E-state index contributed by atoms with van der Waals surface area (Å²) in [5.41, 5.74) is -0.671. The number of hydrogen-bond acceptors (Lipinski definition) is 8. The van der Waals surface area contributed by atoms with Gasteiger partial charge in [0, 0.05) is 17.6 Å². The fourth-order valence-corrected chi connectivity index (χ4v) is 7.96. The van der Waals surface area contributed by atoms with Crippen molar-refractivity contribution < 1.29 is 37.0 Å². The first kappa shape index (κ1) is 25.3. The average molecular weight is 537 g/mol. The van der Waals surface area contributed by atoms with Crippen LogP contribution in [-0.4, -0.2) is 68.5 Å². The fraction of sp³-hybridized carbons (Fsp3) is 0.579. The van der Waals surface area contributed by atoms with Crippen LogP contribution in [0.4, 0.5) is 10.1 Å². The van der Waals surface area contributed by atoms with Crippen molar-refractivity contribution in [2.24, 2.45) is 0 Å². The number of rotatable bonds is 7. The molecule has 2 aromatic heterocycles. The molecule has 11 nitrogen and oxygen atoms in total. The van der Waals surface area contributed by atoms with Crippen LogP contribution in [0, 0.1) is 11.3 Å². The summed E-state index contributed by atoms with van der Waals surface area (Å²) in [4.78, 5) is 22.1. The first-order chi connectivity index (χ1) is 15.9. The molecule has 2 aliphatic rings. The highest BCUT2D eigenvalue weighted by Gasteiger charge is 2.47. The summed E-state index contributed by atoms with van der Waals surface area (Å²) in [6.45, 7) is 0. The lowest BCUT2D eigenvalue weighted by atomic mass is 10.1. The maximum atomic E-state index is 15.0. The molecule has 34 heavy (non-hydrogen) atoms. The molecule has 2 aromatic rings. The van der Waals surface area contributed by atoms with Gasteiger partial charge in [-0.1, -0.05) is 24.4 Å². The Morgan fingerprint density at radius 3 is 2.68 bits per heavy atom. The number of nitrogens with zero attached hydrogens (tertiary/aromatic N) is 3. The molecule has 0 radical (unpaired) electrons. The number of ether oxygens (including phenoxy) is 1. The monoisotopic (exact) mass is 536 g/mol. The first-order valence-corrected chi connectivity index (χ1v) is 14.5. The molecule has 0 unspecified atom stereocenters. The van der Waals surface area contributed by atoms with Crippen molar-refractivity contribution in [2.75, 3.05) is 16.6 Å². The maximum absolute atomic E-state index is 15.0. The number of aliphatic hydroxyl groups excluding tert-OH is 1. The molecular weight excluding hydrogens is 514 g/mol. The summed E-state index contributed by atoms with van der Waals surface area (Å²) in [6, 6.07) is 3.77. The second-order valence-electron chi connectivity index (χ2n) is 8.55. The van der Waals surface area contributed by atoms with E-state index < -0.39 is 53.3 Å². The van der Waals surface area contributed by atoms with Crippen LogP contribution in [0.2, 0.25) is 5.15 Å². The SMILES string of the molecule is N#Cc1c(Cl)nc2c(ccn2[C@@H]2O[C@H](CS(=O)(=O)CP(=O)(O)O)[C@@H](O)[C@@H]2F)c1NC1CCCC1. The highest BCUT2D eigenvalue weighted by atomic mass is 35.5. The molecule has 2 fully saturated rings. The molecule has 1 saturated heterocycles. The van der Waals surface area contributed by atoms with Crippen LogP contribution in [0.25, 0.3) is 11.0 Å². The Morgan fingerprint density at radius 1 is 1.38 bits per heavy atom. The topological polar surface area (TPSA) is 175 Å². The van der Waals surface area contributed by atoms with E-state index in [1.165, 1.54) is 10.8 Å². The lowest BCUT2D eigenvalue weighted by Gasteiger charge is -2.19. The number of nitrogens with one attached hydrogen (secondary N) is 1. The van der Waals surface area contributed by atoms with E-state index in [0.717, 1.165) is 25.7 Å². The molecule has 4 N–H and O–H groups in total. The van der Waals surface area contributed by atoms with Gasteiger partial charge in [0.05, 0.1) is 11.4 Å². The fourth-order valence-electron chi connectivity index (χ4n) is 4.49. The summed E-state index contributed by atoms with van der Waals surface area (Å²) in [5, 5.41) is 23.6. The highest BCUT2D eigenvalue weighted by molar-refractivity contribution is 7.97. The molecule has 4 atom stereocenters. The van der Waals surface area contributed by atoms with Crippen molar-refractivity contribution in [1.29, 1.82) is 5.26 Å². The Hall–Kier alpha value is -1.78. The number of sulfone groups is 1. The van der Waals surface area contributed by atoms with Gasteiger partial charge < -0.3 is 29.5 Å². The molecule has 0 bridgehead atoms. The molecule has 1 aliphatic carbocycles. The Kier molecular flexibility index (Phi) is 6.96. The van der Waals surface area contributed by atoms with E-state index in [0.29, 0.717) is 11.1 Å². The Morgan fingerprint density at radius 2 is 2.06 bits per heavy atom. The zero-order valence-electron chi connectivity index (χ0n) is 17.7. The van der Waals surface area contributed by atoms with E-state index in [4.69, 9.17) is 26.1 Å². The van der Waals surface area contributed by atoms with Gasteiger partial charge in [-0.3, -0.25) is 4.57 Å². The third-order valence-electron chi connectivity index (χ3n) is 5.98.